The minimum atomic E-state index is -0.954. The van der Waals surface area contributed by atoms with Gasteiger partial charge in [0, 0.05) is 0 Å². The van der Waals surface area contributed by atoms with E-state index in [-0.39, 0.29) is 148 Å². The molecule has 32 nitrogen and oxygen atoms in total. The molecule has 31 N–H and O–H groups in total. The molecule has 0 aliphatic rings. The Balaban J connectivity index is -0.0000000907. The standard InChI is InChI=1S/C26H52O2.10C3H8O3/c1-11-21(12-2)23(13-3,14-4)25(17-7,18-8)26(19-9,20-10)24(15-5,16-6)22(27)28;10*4-1-3(6)2-5/h21H,11-20H2,1-10H3,(H,27,28);10*3-6H,1-2H2. The monoisotopic (exact) mass is 1320 g/mol. The lowest BCUT2D eigenvalue weighted by molar-refractivity contribution is -0.213. The molecule has 0 saturated heterocycles. The van der Waals surface area contributed by atoms with E-state index in [0.717, 1.165) is 38.5 Å². The van der Waals surface area contributed by atoms with Gasteiger partial charge in [0.2, 0.25) is 0 Å². The average Bonchev–Trinajstić information content (AvgIpc) is 0.774. The molecule has 0 bridgehead atoms. The van der Waals surface area contributed by atoms with Gasteiger partial charge < -0.3 is 158 Å². The maximum absolute atomic E-state index is 12.9. The molecule has 32 heteroatoms. The number of carbonyl (C=O) groups is 1. The zero-order chi connectivity index (χ0) is 72.1. The summed E-state index contributed by atoms with van der Waals surface area (Å²) in [5.74, 6) is 0.0678. The molecule has 0 rings (SSSR count). The minimum absolute atomic E-state index is 0.0219. The summed E-state index contributed by atoms with van der Waals surface area (Å²) < 4.78 is 0. The van der Waals surface area contributed by atoms with Gasteiger partial charge in [0.15, 0.2) is 0 Å². The molecule has 0 aliphatic heterocycles. The first kappa shape index (κ1) is 111. The fraction of sp³-hybridized carbons (Fsp3) is 0.982. The molecule has 0 aromatic rings. The van der Waals surface area contributed by atoms with Crippen LogP contribution in [0, 0.1) is 27.6 Å². The van der Waals surface area contributed by atoms with Crippen LogP contribution < -0.4 is 0 Å². The van der Waals surface area contributed by atoms with E-state index in [0.29, 0.717) is 18.8 Å². The molecular weight excluding hydrogens is 1180 g/mol. The predicted octanol–water partition coefficient (Wildman–Crippen LogP) is -7.95. The van der Waals surface area contributed by atoms with Gasteiger partial charge in [-0.2, -0.15) is 0 Å². The molecule has 0 heterocycles. The van der Waals surface area contributed by atoms with Crippen molar-refractivity contribution in [3.8, 4) is 0 Å². The number of hydrogen-bond donors (Lipinski definition) is 31. The summed E-state index contributed by atoms with van der Waals surface area (Å²) in [6, 6.07) is 0. The lowest BCUT2D eigenvalue weighted by atomic mass is 9.36. The topological polar surface area (TPSA) is 644 Å². The maximum atomic E-state index is 12.9. The van der Waals surface area contributed by atoms with Crippen molar-refractivity contribution >= 4 is 5.97 Å². The molecule has 0 fully saturated rings. The predicted molar refractivity (Wildman–Crippen MR) is 326 cm³/mol. The molecule has 0 aliphatic carbocycles. The van der Waals surface area contributed by atoms with Gasteiger partial charge >= 0.3 is 5.97 Å². The average molecular weight is 1320 g/mol. The van der Waals surface area contributed by atoms with E-state index in [9.17, 15) is 9.90 Å². The summed E-state index contributed by atoms with van der Waals surface area (Å²) in [5.41, 5.74) is -0.664. The van der Waals surface area contributed by atoms with Gasteiger partial charge in [-0.1, -0.05) is 82.1 Å². The fourth-order valence-electron chi connectivity index (χ4n) is 9.15. The smallest absolute Gasteiger partial charge is 0.310 e. The van der Waals surface area contributed by atoms with Crippen LogP contribution in [0.5, 0.6) is 0 Å². The summed E-state index contributed by atoms with van der Waals surface area (Å²) >= 11 is 0. The Morgan fingerprint density at radius 1 is 0.239 bits per heavy atom. The SMILES string of the molecule is CCC(CC)C(CC)(CC)C(CC)(CC)C(CC)(CC)C(CC)(CC)C(=O)O.OCC(O)CO.OCC(O)CO.OCC(O)CO.OCC(O)CO.OCC(O)CO.OCC(O)CO.OCC(O)CO.OCC(O)CO.OCC(O)CO.OCC(O)CO. The van der Waals surface area contributed by atoms with Crippen molar-refractivity contribution in [1.29, 1.82) is 0 Å². The van der Waals surface area contributed by atoms with Crippen LogP contribution in [0.2, 0.25) is 0 Å². The molecule has 0 aromatic carbocycles. The molecule has 88 heavy (non-hydrogen) atoms. The molecular formula is C56H132O32. The maximum Gasteiger partial charge on any atom is 0.310 e. The van der Waals surface area contributed by atoms with Gasteiger partial charge in [0.1, 0.15) is 61.0 Å². The molecule has 0 saturated carbocycles. The van der Waals surface area contributed by atoms with Crippen molar-refractivity contribution < 1.29 is 163 Å². The Morgan fingerprint density at radius 3 is 0.432 bits per heavy atom. The second-order valence-corrected chi connectivity index (χ2v) is 19.2. The Labute approximate surface area is 522 Å². The van der Waals surface area contributed by atoms with Gasteiger partial charge in [-0.05, 0) is 73.5 Å². The summed E-state index contributed by atoms with van der Waals surface area (Å²) in [7, 11) is 0. The highest BCUT2D eigenvalue weighted by Gasteiger charge is 2.67. The number of carboxylic acids is 1. The third kappa shape index (κ3) is 52.7. The number of rotatable bonds is 35. The first-order valence-corrected chi connectivity index (χ1v) is 29.5. The van der Waals surface area contributed by atoms with E-state index in [1.54, 1.807) is 0 Å². The van der Waals surface area contributed by atoms with E-state index in [4.69, 9.17) is 153 Å². The van der Waals surface area contributed by atoms with Crippen molar-refractivity contribution in [2.24, 2.45) is 27.6 Å². The lowest BCUT2D eigenvalue weighted by Gasteiger charge is -2.67. The number of aliphatic hydroxyl groups is 30. The van der Waals surface area contributed by atoms with Crippen molar-refractivity contribution in [2.75, 3.05) is 132 Å². The first-order valence-electron chi connectivity index (χ1n) is 29.5. The van der Waals surface area contributed by atoms with Gasteiger partial charge in [0.05, 0.1) is 138 Å². The van der Waals surface area contributed by atoms with Crippen LogP contribution in [0.25, 0.3) is 0 Å². The van der Waals surface area contributed by atoms with Crippen molar-refractivity contribution in [3.05, 3.63) is 0 Å². The molecule has 0 amide bonds. The highest BCUT2D eigenvalue weighted by Crippen LogP contribution is 2.72. The minimum Gasteiger partial charge on any atom is -0.481 e. The van der Waals surface area contributed by atoms with E-state index < -0.39 is 72.4 Å². The molecule has 0 radical (unpaired) electrons. The lowest BCUT2D eigenvalue weighted by Crippen LogP contribution is -2.63. The largest absolute Gasteiger partial charge is 0.481 e. The second-order valence-electron chi connectivity index (χ2n) is 19.2. The summed E-state index contributed by atoms with van der Waals surface area (Å²) in [6.07, 6.45) is 0.571. The Kier molecular flexibility index (Phi) is 97.8. The summed E-state index contributed by atoms with van der Waals surface area (Å²) in [4.78, 5) is 12.9. The number of aliphatic carboxylic acids is 1. The van der Waals surface area contributed by atoms with Crippen LogP contribution >= 0.6 is 0 Å². The fourth-order valence-corrected chi connectivity index (χ4v) is 9.15. The quantitative estimate of drug-likeness (QED) is 0.0280. The third-order valence-corrected chi connectivity index (χ3v) is 14.1. The highest BCUT2D eigenvalue weighted by atomic mass is 16.4. The number of hydrogen-bond acceptors (Lipinski definition) is 31. The van der Waals surface area contributed by atoms with Crippen molar-refractivity contribution in [1.82, 2.24) is 0 Å². The van der Waals surface area contributed by atoms with Crippen LogP contribution in [0.3, 0.4) is 0 Å². The molecule has 0 atom stereocenters. The summed E-state index contributed by atoms with van der Waals surface area (Å²) in [6.45, 7) is 15.6. The molecule has 0 spiro atoms. The van der Waals surface area contributed by atoms with Crippen LogP contribution in [0.1, 0.15) is 133 Å². The second kappa shape index (κ2) is 77.7. The van der Waals surface area contributed by atoms with Gasteiger partial charge in [0.25, 0.3) is 0 Å². The van der Waals surface area contributed by atoms with Crippen LogP contribution in [0.15, 0.2) is 0 Å². The van der Waals surface area contributed by atoms with Crippen LogP contribution in [-0.4, -0.2) is 357 Å². The van der Waals surface area contributed by atoms with E-state index in [1.807, 2.05) is 0 Å². The normalized spacial score (nSPS) is 11.3. The van der Waals surface area contributed by atoms with E-state index >= 15 is 0 Å². The zero-order valence-corrected chi connectivity index (χ0v) is 54.3. The molecule has 0 aromatic heterocycles. The van der Waals surface area contributed by atoms with Gasteiger partial charge in [-0.25, -0.2) is 0 Å². The van der Waals surface area contributed by atoms with Crippen molar-refractivity contribution in [3.63, 3.8) is 0 Å². The van der Waals surface area contributed by atoms with E-state index in [2.05, 4.69) is 69.2 Å². The Hall–Kier alpha value is -1.73. The molecule has 548 valence electrons. The summed E-state index contributed by atoms with van der Waals surface area (Å²) in [5, 5.41) is 251. The Bertz CT molecular complexity index is 1060. The number of carboxylic acid groups (broad SMARTS) is 1. The molecule has 0 unspecified atom stereocenters. The first-order chi connectivity index (χ1) is 41.3. The third-order valence-electron chi connectivity index (χ3n) is 14.1. The van der Waals surface area contributed by atoms with Gasteiger partial charge in [-0.15, -0.1) is 0 Å². The zero-order valence-electron chi connectivity index (χ0n) is 54.3. The van der Waals surface area contributed by atoms with Crippen LogP contribution in [0.4, 0.5) is 0 Å². The number of aliphatic hydroxyl groups excluding tert-OH is 30. The van der Waals surface area contributed by atoms with Gasteiger partial charge in [-0.3, -0.25) is 4.79 Å². The van der Waals surface area contributed by atoms with Crippen molar-refractivity contribution in [2.45, 2.75) is 194 Å². The Morgan fingerprint density at radius 2 is 0.375 bits per heavy atom. The van der Waals surface area contributed by atoms with E-state index in [1.165, 1.54) is 12.8 Å². The van der Waals surface area contributed by atoms with Crippen LogP contribution in [-0.2, 0) is 4.79 Å². The highest BCUT2D eigenvalue weighted by molar-refractivity contribution is 5.76.